The topological polar surface area (TPSA) is 61.4 Å². The molecule has 2 aliphatic rings. The van der Waals surface area contributed by atoms with Crippen LogP contribution in [0.5, 0.6) is 5.75 Å². The lowest BCUT2D eigenvalue weighted by Crippen LogP contribution is -2.42. The molecule has 5 rings (SSSR count). The van der Waals surface area contributed by atoms with Gasteiger partial charge in [-0.05, 0) is 66.6 Å². The Kier molecular flexibility index (Phi) is 4.53. The summed E-state index contributed by atoms with van der Waals surface area (Å²) in [6.07, 6.45) is 4.72. The van der Waals surface area contributed by atoms with Gasteiger partial charge in [-0.15, -0.1) is 0 Å². The molecule has 2 N–H and O–H groups in total. The van der Waals surface area contributed by atoms with Gasteiger partial charge in [0.15, 0.2) is 0 Å². The van der Waals surface area contributed by atoms with E-state index in [1.54, 1.807) is 18.3 Å². The molecule has 28 heavy (non-hydrogen) atoms. The van der Waals surface area contributed by atoms with E-state index in [4.69, 9.17) is 4.74 Å². The van der Waals surface area contributed by atoms with Gasteiger partial charge in [0.1, 0.15) is 23.3 Å². The number of benzene rings is 1. The third kappa shape index (κ3) is 3.38. The van der Waals surface area contributed by atoms with Gasteiger partial charge in [0.25, 0.3) is 0 Å². The van der Waals surface area contributed by atoms with Crippen molar-refractivity contribution in [2.75, 3.05) is 13.1 Å². The monoisotopic (exact) mass is 381 g/mol. The van der Waals surface area contributed by atoms with Gasteiger partial charge < -0.3 is 14.8 Å². The molecular formula is C22H24FN3O2. The largest absolute Gasteiger partial charge is 0.488 e. The molecule has 0 amide bonds. The number of rotatable bonds is 4. The first kappa shape index (κ1) is 17.6. The summed E-state index contributed by atoms with van der Waals surface area (Å²) >= 11 is 0. The number of nitrogens with one attached hydrogen (secondary N) is 1. The number of likely N-dealkylation sites (tertiary alicyclic amines) is 1. The molecule has 1 aliphatic heterocycles. The van der Waals surface area contributed by atoms with Gasteiger partial charge in [-0.25, -0.2) is 9.37 Å². The van der Waals surface area contributed by atoms with Crippen molar-refractivity contribution in [3.05, 3.63) is 60.2 Å². The Labute approximate surface area is 163 Å². The molecule has 3 heterocycles. The van der Waals surface area contributed by atoms with Gasteiger partial charge in [-0.2, -0.15) is 0 Å². The molecule has 1 saturated heterocycles. The number of pyridine rings is 1. The predicted molar refractivity (Wildman–Crippen MR) is 104 cm³/mol. The smallest absolute Gasteiger partial charge is 0.137 e. The maximum atomic E-state index is 13.1. The van der Waals surface area contributed by atoms with Crippen molar-refractivity contribution < 1.29 is 14.2 Å². The van der Waals surface area contributed by atoms with Gasteiger partial charge in [0, 0.05) is 37.4 Å². The van der Waals surface area contributed by atoms with Crippen LogP contribution in [0, 0.1) is 17.7 Å². The Morgan fingerprint density at radius 1 is 1.14 bits per heavy atom. The number of hydrogen-bond acceptors (Lipinski definition) is 4. The maximum absolute atomic E-state index is 13.1. The van der Waals surface area contributed by atoms with Crippen LogP contribution in [-0.2, 0) is 6.54 Å². The van der Waals surface area contributed by atoms with Crippen molar-refractivity contribution in [3.63, 3.8) is 0 Å². The molecule has 4 atom stereocenters. The number of hydrogen-bond donors (Lipinski definition) is 2. The standard InChI is InChI=1S/C22H24FN3O2/c23-17-3-5-18(6-4-17)28-21-9-15-12-26(11-14(15)8-20(21)27)13-16-10-25-22-19(16)2-1-7-24-22/h1-7,10,14-15,20-21,27H,8-9,11-13H2,(H,24,25)/t14-,15+,20+,21+/m0/s1. The van der Waals surface area contributed by atoms with Crippen LogP contribution in [0.2, 0.25) is 0 Å². The number of nitrogens with zero attached hydrogens (tertiary/aromatic N) is 2. The van der Waals surface area contributed by atoms with Crippen molar-refractivity contribution in [1.29, 1.82) is 0 Å². The molecule has 0 radical (unpaired) electrons. The van der Waals surface area contributed by atoms with Crippen LogP contribution >= 0.6 is 0 Å². The Hall–Kier alpha value is -2.44. The van der Waals surface area contributed by atoms with Crippen molar-refractivity contribution in [2.24, 2.45) is 11.8 Å². The maximum Gasteiger partial charge on any atom is 0.137 e. The molecule has 0 bridgehead atoms. The number of fused-ring (bicyclic) bond motifs is 2. The summed E-state index contributed by atoms with van der Waals surface area (Å²) in [7, 11) is 0. The highest BCUT2D eigenvalue weighted by atomic mass is 19.1. The lowest BCUT2D eigenvalue weighted by Gasteiger charge is -2.35. The lowest BCUT2D eigenvalue weighted by molar-refractivity contribution is -0.0231. The van der Waals surface area contributed by atoms with Crippen molar-refractivity contribution in [3.8, 4) is 5.75 Å². The summed E-state index contributed by atoms with van der Waals surface area (Å²) in [6, 6.07) is 10.1. The summed E-state index contributed by atoms with van der Waals surface area (Å²) < 4.78 is 19.1. The third-order valence-electron chi connectivity index (χ3n) is 6.19. The Balaban J connectivity index is 1.25. The highest BCUT2D eigenvalue weighted by Gasteiger charge is 2.42. The number of aliphatic hydroxyl groups excluding tert-OH is 1. The zero-order chi connectivity index (χ0) is 19.1. The fraction of sp³-hybridized carbons (Fsp3) is 0.409. The number of aliphatic hydroxyl groups is 1. The van der Waals surface area contributed by atoms with Crippen LogP contribution in [-0.4, -0.2) is 45.3 Å². The summed E-state index contributed by atoms with van der Waals surface area (Å²) in [4.78, 5) is 10.1. The normalized spacial score (nSPS) is 27.8. The molecule has 1 aromatic carbocycles. The van der Waals surface area contributed by atoms with Crippen LogP contribution < -0.4 is 4.74 Å². The fourth-order valence-electron chi connectivity index (χ4n) is 4.82. The van der Waals surface area contributed by atoms with E-state index in [1.807, 2.05) is 6.07 Å². The van der Waals surface area contributed by atoms with Gasteiger partial charge in [0.05, 0.1) is 6.10 Å². The average molecular weight is 381 g/mol. The SMILES string of the molecule is O[C@@H]1C[C@H]2CN(Cc3c[nH]c4ncccc34)C[C@H]2C[C@H]1Oc1ccc(F)cc1. The molecular weight excluding hydrogens is 357 g/mol. The van der Waals surface area contributed by atoms with E-state index in [1.165, 1.54) is 23.1 Å². The predicted octanol–water partition coefficient (Wildman–Crippen LogP) is 3.35. The number of halogens is 1. The Morgan fingerprint density at radius 2 is 1.93 bits per heavy atom. The number of aromatic amines is 1. The fourth-order valence-corrected chi connectivity index (χ4v) is 4.82. The highest BCUT2D eigenvalue weighted by molar-refractivity contribution is 5.79. The first-order valence-corrected chi connectivity index (χ1v) is 9.89. The molecule has 1 saturated carbocycles. The molecule has 1 aliphatic carbocycles. The number of H-pyrrole nitrogens is 1. The highest BCUT2D eigenvalue weighted by Crippen LogP contribution is 2.38. The van der Waals surface area contributed by atoms with Gasteiger partial charge in [0.2, 0.25) is 0 Å². The van der Waals surface area contributed by atoms with E-state index in [0.717, 1.165) is 38.1 Å². The summed E-state index contributed by atoms with van der Waals surface area (Å²) in [5, 5.41) is 11.8. The molecule has 0 spiro atoms. The molecule has 3 aromatic rings. The Morgan fingerprint density at radius 3 is 2.75 bits per heavy atom. The van der Waals surface area contributed by atoms with Crippen LogP contribution in [0.15, 0.2) is 48.8 Å². The summed E-state index contributed by atoms with van der Waals surface area (Å²) in [5.74, 6) is 1.34. The molecule has 2 fully saturated rings. The van der Waals surface area contributed by atoms with E-state index in [9.17, 15) is 9.50 Å². The lowest BCUT2D eigenvalue weighted by atomic mass is 9.78. The van der Waals surface area contributed by atoms with Gasteiger partial charge in [-0.1, -0.05) is 0 Å². The van der Waals surface area contributed by atoms with Crippen LogP contribution in [0.3, 0.4) is 0 Å². The van der Waals surface area contributed by atoms with E-state index < -0.39 is 6.10 Å². The van der Waals surface area contributed by atoms with Gasteiger partial charge >= 0.3 is 0 Å². The summed E-state index contributed by atoms with van der Waals surface area (Å²) in [6.45, 7) is 2.89. The van der Waals surface area contributed by atoms with E-state index in [0.29, 0.717) is 17.6 Å². The minimum absolute atomic E-state index is 0.232. The van der Waals surface area contributed by atoms with Gasteiger partial charge in [-0.3, -0.25) is 4.90 Å². The first-order valence-electron chi connectivity index (χ1n) is 9.89. The minimum atomic E-state index is -0.483. The second kappa shape index (κ2) is 7.18. The molecule has 5 nitrogen and oxygen atoms in total. The van der Waals surface area contributed by atoms with Crippen molar-refractivity contribution >= 4 is 11.0 Å². The van der Waals surface area contributed by atoms with E-state index >= 15 is 0 Å². The second-order valence-corrected chi connectivity index (χ2v) is 8.08. The molecule has 146 valence electrons. The average Bonchev–Trinajstić information content (AvgIpc) is 3.28. The number of ether oxygens (including phenoxy) is 1. The van der Waals surface area contributed by atoms with Crippen molar-refractivity contribution in [1.82, 2.24) is 14.9 Å². The second-order valence-electron chi connectivity index (χ2n) is 8.08. The van der Waals surface area contributed by atoms with Crippen molar-refractivity contribution in [2.45, 2.75) is 31.6 Å². The zero-order valence-corrected chi connectivity index (χ0v) is 15.6. The minimum Gasteiger partial charge on any atom is -0.488 e. The summed E-state index contributed by atoms with van der Waals surface area (Å²) in [5.41, 5.74) is 2.19. The first-order chi connectivity index (χ1) is 13.7. The van der Waals surface area contributed by atoms with Crippen LogP contribution in [0.4, 0.5) is 4.39 Å². The molecule has 2 aromatic heterocycles. The quantitative estimate of drug-likeness (QED) is 0.728. The molecule has 6 heteroatoms. The molecule has 0 unspecified atom stereocenters. The van der Waals surface area contributed by atoms with E-state index in [-0.39, 0.29) is 11.9 Å². The Bertz CT molecular complexity index is 958. The van der Waals surface area contributed by atoms with Crippen LogP contribution in [0.1, 0.15) is 18.4 Å². The van der Waals surface area contributed by atoms with E-state index in [2.05, 4.69) is 27.1 Å². The zero-order valence-electron chi connectivity index (χ0n) is 15.6. The number of aromatic nitrogens is 2. The third-order valence-corrected chi connectivity index (χ3v) is 6.19. The van der Waals surface area contributed by atoms with Crippen LogP contribution in [0.25, 0.3) is 11.0 Å².